The van der Waals surface area contributed by atoms with Crippen LogP contribution in [0.1, 0.15) is 20.7 Å². The molecule has 0 atom stereocenters. The molecular weight excluding hydrogens is 236 g/mol. The molecular formula is C12H16N2O4. The van der Waals surface area contributed by atoms with Gasteiger partial charge in [0.25, 0.3) is 0 Å². The number of benzene rings is 1. The highest BCUT2D eigenvalue weighted by atomic mass is 16.4. The Hall–Kier alpha value is -1.92. The maximum atomic E-state index is 10.5. The van der Waals surface area contributed by atoms with Crippen LogP contribution in [0.3, 0.4) is 0 Å². The fourth-order valence-corrected chi connectivity index (χ4v) is 1.46. The SMILES string of the molecule is C1CNCCN1.O=C(O)c1ccccc1C(=O)O. The molecule has 1 aliphatic rings. The number of carboxylic acids is 2. The quantitative estimate of drug-likeness (QED) is 0.602. The van der Waals surface area contributed by atoms with Gasteiger partial charge in [0.1, 0.15) is 0 Å². The molecule has 1 saturated heterocycles. The first-order valence-corrected chi connectivity index (χ1v) is 5.60. The van der Waals surface area contributed by atoms with E-state index in [1.807, 2.05) is 0 Å². The molecule has 0 unspecified atom stereocenters. The first-order chi connectivity index (χ1) is 8.63. The van der Waals surface area contributed by atoms with Gasteiger partial charge in [-0.15, -0.1) is 0 Å². The van der Waals surface area contributed by atoms with Crippen LogP contribution < -0.4 is 10.6 Å². The van der Waals surface area contributed by atoms with E-state index in [4.69, 9.17) is 10.2 Å². The van der Waals surface area contributed by atoms with Gasteiger partial charge in [0.05, 0.1) is 11.1 Å². The van der Waals surface area contributed by atoms with E-state index in [9.17, 15) is 9.59 Å². The van der Waals surface area contributed by atoms with E-state index < -0.39 is 11.9 Å². The largest absolute Gasteiger partial charge is 0.478 e. The number of carbonyl (C=O) groups is 2. The Balaban J connectivity index is 0.000000225. The highest BCUT2D eigenvalue weighted by Gasteiger charge is 2.13. The number of rotatable bonds is 2. The van der Waals surface area contributed by atoms with Crippen molar-refractivity contribution in [3.63, 3.8) is 0 Å². The smallest absolute Gasteiger partial charge is 0.336 e. The molecule has 0 aliphatic carbocycles. The Morgan fingerprint density at radius 1 is 0.833 bits per heavy atom. The summed E-state index contributed by atoms with van der Waals surface area (Å²) < 4.78 is 0. The molecule has 18 heavy (non-hydrogen) atoms. The Morgan fingerprint density at radius 3 is 1.39 bits per heavy atom. The van der Waals surface area contributed by atoms with Crippen LogP contribution in [0.4, 0.5) is 0 Å². The second-order valence-corrected chi connectivity index (χ2v) is 3.66. The second-order valence-electron chi connectivity index (χ2n) is 3.66. The molecule has 0 amide bonds. The lowest BCUT2D eigenvalue weighted by molar-refractivity contribution is 0.0651. The first kappa shape index (κ1) is 14.1. The molecule has 1 fully saturated rings. The molecule has 1 aromatic rings. The molecule has 1 heterocycles. The Labute approximate surface area is 105 Å². The van der Waals surface area contributed by atoms with Crippen LogP contribution in [0, 0.1) is 0 Å². The molecule has 0 radical (unpaired) electrons. The normalized spacial score (nSPS) is 14.2. The van der Waals surface area contributed by atoms with E-state index in [0.29, 0.717) is 0 Å². The van der Waals surface area contributed by atoms with Gasteiger partial charge < -0.3 is 20.8 Å². The molecule has 6 nitrogen and oxygen atoms in total. The van der Waals surface area contributed by atoms with Crippen LogP contribution in [0.2, 0.25) is 0 Å². The highest BCUT2D eigenvalue weighted by Crippen LogP contribution is 2.07. The first-order valence-electron chi connectivity index (χ1n) is 5.60. The minimum atomic E-state index is -1.23. The van der Waals surface area contributed by atoms with Gasteiger partial charge in [-0.3, -0.25) is 0 Å². The van der Waals surface area contributed by atoms with Crippen molar-refractivity contribution in [2.45, 2.75) is 0 Å². The lowest BCUT2D eigenvalue weighted by Gasteiger charge is -2.11. The van der Waals surface area contributed by atoms with Crippen molar-refractivity contribution in [2.75, 3.05) is 26.2 Å². The molecule has 0 saturated carbocycles. The third-order valence-corrected chi connectivity index (χ3v) is 2.34. The fourth-order valence-electron chi connectivity index (χ4n) is 1.46. The number of hydrogen-bond acceptors (Lipinski definition) is 4. The average molecular weight is 252 g/mol. The number of nitrogens with one attached hydrogen (secondary N) is 2. The zero-order valence-electron chi connectivity index (χ0n) is 9.85. The van der Waals surface area contributed by atoms with Crippen LogP contribution in [-0.4, -0.2) is 48.3 Å². The van der Waals surface area contributed by atoms with Gasteiger partial charge in [-0.2, -0.15) is 0 Å². The summed E-state index contributed by atoms with van der Waals surface area (Å²) in [5.41, 5.74) is -0.380. The minimum absolute atomic E-state index is 0.190. The zero-order valence-corrected chi connectivity index (χ0v) is 9.85. The standard InChI is InChI=1S/C8H6O4.C4H10N2/c9-7(10)5-3-1-2-4-6(5)8(11)12;1-2-6-4-3-5-1/h1-4H,(H,9,10)(H,11,12);5-6H,1-4H2. The summed E-state index contributed by atoms with van der Waals surface area (Å²) in [6.07, 6.45) is 0. The van der Waals surface area contributed by atoms with Gasteiger partial charge in [0.2, 0.25) is 0 Å². The molecule has 1 aromatic carbocycles. The van der Waals surface area contributed by atoms with Crippen molar-refractivity contribution in [3.05, 3.63) is 35.4 Å². The zero-order chi connectivity index (χ0) is 13.4. The maximum Gasteiger partial charge on any atom is 0.336 e. The molecule has 6 heteroatoms. The van der Waals surface area contributed by atoms with Gasteiger partial charge in [-0.1, -0.05) is 12.1 Å². The van der Waals surface area contributed by atoms with Gasteiger partial charge in [-0.25, -0.2) is 9.59 Å². The van der Waals surface area contributed by atoms with Crippen molar-refractivity contribution in [1.29, 1.82) is 0 Å². The Kier molecular flexibility index (Phi) is 5.83. The molecule has 0 aromatic heterocycles. The van der Waals surface area contributed by atoms with E-state index in [2.05, 4.69) is 10.6 Å². The van der Waals surface area contributed by atoms with Crippen LogP contribution in [-0.2, 0) is 0 Å². The molecule has 4 N–H and O–H groups in total. The highest BCUT2D eigenvalue weighted by molar-refractivity contribution is 6.01. The lowest BCUT2D eigenvalue weighted by atomic mass is 10.1. The molecule has 0 bridgehead atoms. The molecule has 2 rings (SSSR count). The van der Waals surface area contributed by atoms with E-state index in [1.54, 1.807) is 0 Å². The Bertz CT molecular complexity index is 372. The number of piperazine rings is 1. The topological polar surface area (TPSA) is 98.7 Å². The van der Waals surface area contributed by atoms with Crippen molar-refractivity contribution in [3.8, 4) is 0 Å². The summed E-state index contributed by atoms with van der Waals surface area (Å²) >= 11 is 0. The number of hydrogen-bond donors (Lipinski definition) is 4. The second kappa shape index (κ2) is 7.41. The van der Waals surface area contributed by atoms with Gasteiger partial charge in [-0.05, 0) is 12.1 Å². The van der Waals surface area contributed by atoms with Crippen molar-refractivity contribution in [2.24, 2.45) is 0 Å². The summed E-state index contributed by atoms with van der Waals surface area (Å²) in [4.78, 5) is 20.9. The summed E-state index contributed by atoms with van der Waals surface area (Å²) in [6.45, 7) is 4.56. The summed E-state index contributed by atoms with van der Waals surface area (Å²) in [5.74, 6) is -2.46. The molecule has 0 spiro atoms. The van der Waals surface area contributed by atoms with Crippen molar-refractivity contribution >= 4 is 11.9 Å². The average Bonchev–Trinajstić information content (AvgIpc) is 2.41. The van der Waals surface area contributed by atoms with Crippen LogP contribution >= 0.6 is 0 Å². The van der Waals surface area contributed by atoms with E-state index in [-0.39, 0.29) is 11.1 Å². The maximum absolute atomic E-state index is 10.5. The Morgan fingerprint density at radius 2 is 1.17 bits per heavy atom. The molecule has 98 valence electrons. The third-order valence-electron chi connectivity index (χ3n) is 2.34. The van der Waals surface area contributed by atoms with E-state index >= 15 is 0 Å². The van der Waals surface area contributed by atoms with Gasteiger partial charge >= 0.3 is 11.9 Å². The van der Waals surface area contributed by atoms with Crippen LogP contribution in [0.5, 0.6) is 0 Å². The monoisotopic (exact) mass is 252 g/mol. The lowest BCUT2D eigenvalue weighted by Crippen LogP contribution is -2.39. The predicted molar refractivity (Wildman–Crippen MR) is 66.1 cm³/mol. The van der Waals surface area contributed by atoms with Crippen LogP contribution in [0.15, 0.2) is 24.3 Å². The van der Waals surface area contributed by atoms with E-state index in [1.165, 1.54) is 24.3 Å². The van der Waals surface area contributed by atoms with Crippen LogP contribution in [0.25, 0.3) is 0 Å². The predicted octanol–water partition coefficient (Wildman–Crippen LogP) is 0.262. The number of carboxylic acid groups (broad SMARTS) is 2. The summed E-state index contributed by atoms with van der Waals surface area (Å²) in [6, 6.07) is 5.48. The number of aromatic carboxylic acids is 2. The third kappa shape index (κ3) is 4.52. The van der Waals surface area contributed by atoms with Crippen molar-refractivity contribution < 1.29 is 19.8 Å². The fraction of sp³-hybridized carbons (Fsp3) is 0.333. The van der Waals surface area contributed by atoms with Crippen molar-refractivity contribution in [1.82, 2.24) is 10.6 Å². The van der Waals surface area contributed by atoms with E-state index in [0.717, 1.165) is 26.2 Å². The molecule has 1 aliphatic heterocycles. The van der Waals surface area contributed by atoms with Gasteiger partial charge in [0, 0.05) is 26.2 Å². The van der Waals surface area contributed by atoms with Gasteiger partial charge in [0.15, 0.2) is 0 Å². The summed E-state index contributed by atoms with van der Waals surface area (Å²) in [5, 5.41) is 23.5. The summed E-state index contributed by atoms with van der Waals surface area (Å²) in [7, 11) is 0. The minimum Gasteiger partial charge on any atom is -0.478 e.